The van der Waals surface area contributed by atoms with Gasteiger partial charge in [0, 0.05) is 6.42 Å². The second kappa shape index (κ2) is 26.8. The van der Waals surface area contributed by atoms with Gasteiger partial charge in [0.1, 0.15) is 12.4 Å². The van der Waals surface area contributed by atoms with E-state index in [1.54, 1.807) is 5.82 Å². The number of hydrogen-bond acceptors (Lipinski definition) is 0. The van der Waals surface area contributed by atoms with Crippen molar-refractivity contribution in [3.8, 4) is 0 Å². The normalized spacial score (nSPS) is 11.5. The van der Waals surface area contributed by atoms with E-state index in [0.717, 1.165) is 0 Å². The molecule has 0 saturated heterocycles. The van der Waals surface area contributed by atoms with Gasteiger partial charge in [0.05, 0.1) is 13.1 Å². The molecule has 0 fully saturated rings. The van der Waals surface area contributed by atoms with E-state index in [2.05, 4.69) is 42.3 Å². The molecule has 0 spiro atoms. The van der Waals surface area contributed by atoms with Crippen molar-refractivity contribution in [1.82, 2.24) is 4.57 Å². The van der Waals surface area contributed by atoms with E-state index in [4.69, 9.17) is 0 Å². The number of aryl methyl sites for hydroxylation is 2. The quantitative estimate of drug-likeness (QED) is 0.0737. The fraction of sp³-hybridized carbons (Fsp3) is 0.914. The number of hydrogen-bond donors (Lipinski definition) is 0. The molecule has 0 unspecified atom stereocenters. The fourth-order valence-corrected chi connectivity index (χ4v) is 5.80. The first-order valence-corrected chi connectivity index (χ1v) is 17.4. The summed E-state index contributed by atoms with van der Waals surface area (Å²) in [6, 6.07) is 0. The second-order valence-electron chi connectivity index (χ2n) is 12.0. The SMILES string of the molecule is CCCCCCCCCCCCCCCCCc1n(CCCCCCCC)cc[n+]1CCCCCCC. The van der Waals surface area contributed by atoms with E-state index in [1.807, 2.05) is 0 Å². The van der Waals surface area contributed by atoms with Crippen LogP contribution in [0.25, 0.3) is 0 Å². The second-order valence-corrected chi connectivity index (χ2v) is 12.0. The summed E-state index contributed by atoms with van der Waals surface area (Å²) in [6.45, 7) is 9.38. The molecule has 0 aliphatic carbocycles. The third-order valence-electron chi connectivity index (χ3n) is 8.35. The van der Waals surface area contributed by atoms with Crippen LogP contribution in [-0.4, -0.2) is 4.57 Å². The van der Waals surface area contributed by atoms with Crippen LogP contribution in [0, 0.1) is 0 Å². The first kappa shape index (κ1) is 34.2. The minimum atomic E-state index is 1.22. The highest BCUT2D eigenvalue weighted by molar-refractivity contribution is 4.84. The van der Waals surface area contributed by atoms with Crippen molar-refractivity contribution in [3.63, 3.8) is 0 Å². The molecule has 37 heavy (non-hydrogen) atoms. The molecule has 0 radical (unpaired) electrons. The Bertz CT molecular complexity index is 576. The van der Waals surface area contributed by atoms with E-state index in [1.165, 1.54) is 186 Å². The molecule has 1 heterocycles. The molecule has 218 valence electrons. The predicted molar refractivity (Wildman–Crippen MR) is 165 cm³/mol. The van der Waals surface area contributed by atoms with E-state index in [0.29, 0.717) is 0 Å². The average Bonchev–Trinajstić information content (AvgIpc) is 3.29. The van der Waals surface area contributed by atoms with Crippen molar-refractivity contribution in [3.05, 3.63) is 18.2 Å². The zero-order chi connectivity index (χ0) is 26.7. The molecule has 0 aliphatic heterocycles. The topological polar surface area (TPSA) is 8.81 Å². The maximum atomic E-state index is 2.61. The Morgan fingerprint density at radius 3 is 1.30 bits per heavy atom. The molecular formula is C35H69N2+. The first-order chi connectivity index (χ1) is 18.3. The van der Waals surface area contributed by atoms with Gasteiger partial charge in [0.15, 0.2) is 0 Å². The summed E-state index contributed by atoms with van der Waals surface area (Å²) in [6.07, 6.45) is 43.0. The average molecular weight is 518 g/mol. The van der Waals surface area contributed by atoms with E-state index in [-0.39, 0.29) is 0 Å². The molecule has 0 amide bonds. The van der Waals surface area contributed by atoms with Gasteiger partial charge in [-0.25, -0.2) is 9.13 Å². The standard InChI is InChI=1S/C35H69N2/c1-4-7-10-13-15-16-17-18-19-20-21-22-23-24-27-30-35-36(31-28-25-12-9-6-3)33-34-37(35)32-29-26-14-11-8-5-2/h33-34H,4-32H2,1-3H3/q+1. The number of imidazole rings is 1. The Morgan fingerprint density at radius 1 is 0.459 bits per heavy atom. The molecule has 0 bridgehead atoms. The number of aromatic nitrogens is 2. The molecule has 0 aromatic carbocycles. The Labute approximate surface area is 234 Å². The molecule has 2 nitrogen and oxygen atoms in total. The summed E-state index contributed by atoms with van der Waals surface area (Å²) >= 11 is 0. The molecule has 1 aromatic rings. The maximum Gasteiger partial charge on any atom is 0.256 e. The number of unbranched alkanes of at least 4 members (excludes halogenated alkanes) is 23. The zero-order valence-corrected chi connectivity index (χ0v) is 26.1. The maximum absolute atomic E-state index is 2.61. The third-order valence-corrected chi connectivity index (χ3v) is 8.35. The lowest BCUT2D eigenvalue weighted by atomic mass is 10.0. The van der Waals surface area contributed by atoms with Crippen LogP contribution in [0.2, 0.25) is 0 Å². The van der Waals surface area contributed by atoms with Crippen molar-refractivity contribution in [2.75, 3.05) is 0 Å². The van der Waals surface area contributed by atoms with Gasteiger partial charge in [-0.05, 0) is 32.1 Å². The van der Waals surface area contributed by atoms with Crippen molar-refractivity contribution in [2.45, 2.75) is 207 Å². The molecule has 0 saturated carbocycles. The summed E-state index contributed by atoms with van der Waals surface area (Å²) in [4.78, 5) is 0. The largest absolute Gasteiger partial charge is 0.256 e. The van der Waals surface area contributed by atoms with E-state index >= 15 is 0 Å². The molecule has 1 rings (SSSR count). The molecule has 2 heteroatoms. The molecular weight excluding hydrogens is 448 g/mol. The van der Waals surface area contributed by atoms with Crippen molar-refractivity contribution in [1.29, 1.82) is 0 Å². The van der Waals surface area contributed by atoms with Gasteiger partial charge in [0.2, 0.25) is 0 Å². The van der Waals surface area contributed by atoms with Crippen molar-refractivity contribution in [2.24, 2.45) is 0 Å². The highest BCUT2D eigenvalue weighted by Crippen LogP contribution is 2.15. The molecule has 0 aliphatic rings. The molecule has 0 atom stereocenters. The van der Waals surface area contributed by atoms with Gasteiger partial charge in [-0.15, -0.1) is 0 Å². The lowest BCUT2D eigenvalue weighted by Crippen LogP contribution is -2.37. The van der Waals surface area contributed by atoms with Crippen LogP contribution in [0.3, 0.4) is 0 Å². The first-order valence-electron chi connectivity index (χ1n) is 17.4. The van der Waals surface area contributed by atoms with Crippen LogP contribution in [-0.2, 0) is 19.5 Å². The zero-order valence-electron chi connectivity index (χ0n) is 26.1. The number of rotatable bonds is 29. The highest BCUT2D eigenvalue weighted by Gasteiger charge is 2.16. The van der Waals surface area contributed by atoms with Crippen LogP contribution in [0.1, 0.15) is 194 Å². The van der Waals surface area contributed by atoms with Crippen LogP contribution in [0.4, 0.5) is 0 Å². The predicted octanol–water partition coefficient (Wildman–Crippen LogP) is 11.5. The summed E-state index contributed by atoms with van der Waals surface area (Å²) in [5.41, 5.74) is 0. The Hall–Kier alpha value is -0.790. The van der Waals surface area contributed by atoms with Crippen LogP contribution >= 0.6 is 0 Å². The van der Waals surface area contributed by atoms with Crippen molar-refractivity contribution >= 4 is 0 Å². The summed E-state index contributed by atoms with van der Waals surface area (Å²) < 4.78 is 5.21. The minimum absolute atomic E-state index is 1.22. The lowest BCUT2D eigenvalue weighted by Gasteiger charge is -2.07. The Kier molecular flexibility index (Phi) is 24.8. The highest BCUT2D eigenvalue weighted by atomic mass is 15.1. The van der Waals surface area contributed by atoms with Gasteiger partial charge >= 0.3 is 0 Å². The minimum Gasteiger partial charge on any atom is -0.234 e. The Morgan fingerprint density at radius 2 is 0.838 bits per heavy atom. The van der Waals surface area contributed by atoms with Gasteiger partial charge in [-0.1, -0.05) is 156 Å². The summed E-state index contributed by atoms with van der Waals surface area (Å²) in [5.74, 6) is 1.61. The van der Waals surface area contributed by atoms with E-state index in [9.17, 15) is 0 Å². The summed E-state index contributed by atoms with van der Waals surface area (Å²) in [5, 5.41) is 0. The van der Waals surface area contributed by atoms with Crippen LogP contribution < -0.4 is 4.57 Å². The molecule has 1 aromatic heterocycles. The monoisotopic (exact) mass is 518 g/mol. The third kappa shape index (κ3) is 19.9. The lowest BCUT2D eigenvalue weighted by molar-refractivity contribution is -0.704. The van der Waals surface area contributed by atoms with Gasteiger partial charge in [-0.3, -0.25) is 0 Å². The Balaban J connectivity index is 2.20. The number of nitrogens with zero attached hydrogens (tertiary/aromatic N) is 2. The summed E-state index contributed by atoms with van der Waals surface area (Å²) in [7, 11) is 0. The van der Waals surface area contributed by atoms with Crippen molar-refractivity contribution < 1.29 is 4.57 Å². The smallest absolute Gasteiger partial charge is 0.234 e. The van der Waals surface area contributed by atoms with Gasteiger partial charge in [-0.2, -0.15) is 0 Å². The van der Waals surface area contributed by atoms with E-state index < -0.39 is 0 Å². The van der Waals surface area contributed by atoms with Gasteiger partial charge in [0.25, 0.3) is 5.82 Å². The fourth-order valence-electron chi connectivity index (χ4n) is 5.80. The molecule has 0 N–H and O–H groups in total. The van der Waals surface area contributed by atoms with Crippen LogP contribution in [0.5, 0.6) is 0 Å². The van der Waals surface area contributed by atoms with Crippen LogP contribution in [0.15, 0.2) is 12.4 Å². The van der Waals surface area contributed by atoms with Gasteiger partial charge < -0.3 is 0 Å².